The number of rotatable bonds is 5. The highest BCUT2D eigenvalue weighted by Crippen LogP contribution is 2.30. The van der Waals surface area contributed by atoms with Crippen LogP contribution in [0.4, 0.5) is 11.4 Å². The van der Waals surface area contributed by atoms with Crippen LogP contribution in [0.5, 0.6) is 0 Å². The number of carbonyl (C=O) groups excluding carboxylic acids is 1. The van der Waals surface area contributed by atoms with Crippen LogP contribution in [0.3, 0.4) is 0 Å². The lowest BCUT2D eigenvalue weighted by Crippen LogP contribution is -2.45. The molecule has 0 aliphatic carbocycles. The summed E-state index contributed by atoms with van der Waals surface area (Å²) in [6.45, 7) is 10.3. The van der Waals surface area contributed by atoms with Gasteiger partial charge < -0.3 is 20.3 Å². The van der Waals surface area contributed by atoms with Crippen molar-refractivity contribution < 1.29 is 9.53 Å². The quantitative estimate of drug-likeness (QED) is 0.736. The second kappa shape index (κ2) is 11.9. The Hall–Kier alpha value is -1.01. The highest BCUT2D eigenvalue weighted by Gasteiger charge is 2.25. The van der Waals surface area contributed by atoms with Gasteiger partial charge in [0.25, 0.3) is 0 Å². The maximum absolute atomic E-state index is 12.7. The van der Waals surface area contributed by atoms with E-state index in [-0.39, 0.29) is 42.9 Å². The Bertz CT molecular complexity index is 601. The van der Waals surface area contributed by atoms with Crippen molar-refractivity contribution in [2.75, 3.05) is 36.4 Å². The normalized spacial score (nSPS) is 23.9. The van der Waals surface area contributed by atoms with E-state index >= 15 is 0 Å². The molecule has 1 aromatic carbocycles. The molecule has 0 spiro atoms. The van der Waals surface area contributed by atoms with Gasteiger partial charge in [0, 0.05) is 19.5 Å². The number of carbonyl (C=O) groups is 1. The molecule has 5 nitrogen and oxygen atoms in total. The number of anilines is 2. The molecule has 2 aliphatic heterocycles. The molecule has 3 unspecified atom stereocenters. The highest BCUT2D eigenvalue weighted by atomic mass is 35.5. The minimum atomic E-state index is 0. The average Bonchev–Trinajstić information content (AvgIpc) is 2.62. The van der Waals surface area contributed by atoms with Crippen molar-refractivity contribution in [3.05, 3.63) is 24.3 Å². The first-order valence-electron chi connectivity index (χ1n) is 10.0. The van der Waals surface area contributed by atoms with Gasteiger partial charge in [0.1, 0.15) is 0 Å². The smallest absolute Gasteiger partial charge is 0.224 e. The third-order valence-electron chi connectivity index (χ3n) is 5.63. The summed E-state index contributed by atoms with van der Waals surface area (Å²) in [4.78, 5) is 15.0. The van der Waals surface area contributed by atoms with E-state index in [4.69, 9.17) is 4.74 Å². The van der Waals surface area contributed by atoms with Gasteiger partial charge in [-0.25, -0.2) is 0 Å². The fraction of sp³-hybridized carbons (Fsp3) is 0.667. The molecule has 1 aromatic rings. The number of nitrogens with one attached hydrogen (secondary N) is 2. The topological polar surface area (TPSA) is 53.6 Å². The van der Waals surface area contributed by atoms with Crippen LogP contribution in [0, 0.1) is 11.8 Å². The minimum absolute atomic E-state index is 0. The first kappa shape index (κ1) is 25.0. The summed E-state index contributed by atoms with van der Waals surface area (Å²) >= 11 is 0. The van der Waals surface area contributed by atoms with E-state index in [0.29, 0.717) is 18.3 Å². The van der Waals surface area contributed by atoms with Gasteiger partial charge in [-0.05, 0) is 63.7 Å². The third kappa shape index (κ3) is 6.80. The van der Waals surface area contributed by atoms with Crippen molar-refractivity contribution in [3.8, 4) is 0 Å². The average molecular weight is 432 g/mol. The van der Waals surface area contributed by atoms with Gasteiger partial charge >= 0.3 is 0 Å². The van der Waals surface area contributed by atoms with Gasteiger partial charge in [0.2, 0.25) is 5.91 Å². The lowest BCUT2D eigenvalue weighted by atomic mass is 9.84. The number of hydrogen-bond acceptors (Lipinski definition) is 4. The molecule has 28 heavy (non-hydrogen) atoms. The zero-order chi connectivity index (χ0) is 18.5. The molecule has 0 saturated carbocycles. The number of piperidine rings is 1. The van der Waals surface area contributed by atoms with Gasteiger partial charge in [0.15, 0.2) is 0 Å². The van der Waals surface area contributed by atoms with Crippen LogP contribution < -0.4 is 15.5 Å². The largest absolute Gasteiger partial charge is 0.372 e. The number of ether oxygens (including phenoxy) is 1. The number of amides is 1. The Balaban J connectivity index is 0.00000196. The van der Waals surface area contributed by atoms with E-state index in [1.54, 1.807) is 0 Å². The number of nitrogens with zero attached hydrogens (tertiary/aromatic N) is 1. The van der Waals surface area contributed by atoms with Crippen molar-refractivity contribution in [3.63, 3.8) is 0 Å². The van der Waals surface area contributed by atoms with E-state index in [1.165, 1.54) is 12.8 Å². The van der Waals surface area contributed by atoms with E-state index < -0.39 is 0 Å². The third-order valence-corrected chi connectivity index (χ3v) is 5.63. The summed E-state index contributed by atoms with van der Waals surface area (Å²) < 4.78 is 5.84. The zero-order valence-corrected chi connectivity index (χ0v) is 18.8. The number of benzene rings is 1. The van der Waals surface area contributed by atoms with Crippen molar-refractivity contribution in [2.24, 2.45) is 11.8 Å². The molecular weight excluding hydrogens is 397 g/mol. The molecule has 0 radical (unpaired) electrons. The van der Waals surface area contributed by atoms with Gasteiger partial charge in [-0.3, -0.25) is 4.79 Å². The Kier molecular flexibility index (Phi) is 10.6. The second-order valence-corrected chi connectivity index (χ2v) is 8.00. The Morgan fingerprint density at radius 1 is 1.18 bits per heavy atom. The van der Waals surface area contributed by atoms with E-state index in [2.05, 4.69) is 42.4 Å². The molecule has 2 aliphatic rings. The molecule has 1 amide bonds. The maximum Gasteiger partial charge on any atom is 0.224 e. The zero-order valence-electron chi connectivity index (χ0n) is 17.1. The molecule has 3 rings (SSSR count). The molecule has 3 atom stereocenters. The fourth-order valence-corrected chi connectivity index (χ4v) is 4.30. The van der Waals surface area contributed by atoms with Gasteiger partial charge in [0.05, 0.1) is 23.6 Å². The van der Waals surface area contributed by atoms with E-state index in [9.17, 15) is 4.79 Å². The van der Waals surface area contributed by atoms with Crippen LogP contribution in [0.2, 0.25) is 0 Å². The lowest BCUT2D eigenvalue weighted by Gasteiger charge is -2.37. The standard InChI is InChI=1S/C21H33N3O2.2ClH/c1-15(18-8-10-22-11-9-18)12-21(25)23-19-6-4-5-7-20(19)24-13-16(2)26-17(3)14-24;;/h4-7,15-18,22H,8-14H2,1-3H3,(H,23,25);2*1H. The van der Waals surface area contributed by atoms with Crippen molar-refractivity contribution in [2.45, 2.75) is 52.2 Å². The van der Waals surface area contributed by atoms with Gasteiger partial charge in [-0.2, -0.15) is 0 Å². The molecule has 2 saturated heterocycles. The number of morpholine rings is 1. The van der Waals surface area contributed by atoms with Crippen LogP contribution in [0.15, 0.2) is 24.3 Å². The van der Waals surface area contributed by atoms with Crippen LogP contribution in [-0.4, -0.2) is 44.3 Å². The monoisotopic (exact) mass is 431 g/mol. The highest BCUT2D eigenvalue weighted by molar-refractivity contribution is 5.94. The van der Waals surface area contributed by atoms with Crippen molar-refractivity contribution in [1.29, 1.82) is 0 Å². The molecule has 160 valence electrons. The maximum atomic E-state index is 12.7. The molecule has 2 heterocycles. The first-order chi connectivity index (χ1) is 12.5. The van der Waals surface area contributed by atoms with Crippen molar-refractivity contribution in [1.82, 2.24) is 5.32 Å². The minimum Gasteiger partial charge on any atom is -0.372 e. The summed E-state index contributed by atoms with van der Waals surface area (Å²) in [5.74, 6) is 1.20. The molecular formula is C21H35Cl2N3O2. The molecule has 0 bridgehead atoms. The molecule has 0 aromatic heterocycles. The van der Waals surface area contributed by atoms with Crippen LogP contribution in [0.25, 0.3) is 0 Å². The summed E-state index contributed by atoms with van der Waals surface area (Å²) in [5, 5.41) is 6.57. The Morgan fingerprint density at radius 3 is 2.43 bits per heavy atom. The van der Waals surface area contributed by atoms with E-state index in [0.717, 1.165) is 37.6 Å². The second-order valence-electron chi connectivity index (χ2n) is 8.00. The van der Waals surface area contributed by atoms with Crippen LogP contribution >= 0.6 is 24.8 Å². The van der Waals surface area contributed by atoms with Crippen molar-refractivity contribution >= 4 is 42.1 Å². The van der Waals surface area contributed by atoms with E-state index in [1.807, 2.05) is 18.2 Å². The fourth-order valence-electron chi connectivity index (χ4n) is 4.30. The predicted octanol–water partition coefficient (Wildman–Crippen LogP) is 4.11. The predicted molar refractivity (Wildman–Crippen MR) is 121 cm³/mol. The number of para-hydroxylation sites is 2. The first-order valence-corrected chi connectivity index (χ1v) is 10.0. The molecule has 2 N–H and O–H groups in total. The summed E-state index contributed by atoms with van der Waals surface area (Å²) in [6, 6.07) is 8.12. The lowest BCUT2D eigenvalue weighted by molar-refractivity contribution is -0.117. The summed E-state index contributed by atoms with van der Waals surface area (Å²) in [5.41, 5.74) is 2.01. The van der Waals surface area contributed by atoms with Crippen LogP contribution in [0.1, 0.15) is 40.0 Å². The summed E-state index contributed by atoms with van der Waals surface area (Å²) in [6.07, 6.45) is 3.34. The number of hydrogen-bond donors (Lipinski definition) is 2. The van der Waals surface area contributed by atoms with Gasteiger partial charge in [-0.15, -0.1) is 24.8 Å². The summed E-state index contributed by atoms with van der Waals surface area (Å²) in [7, 11) is 0. The van der Waals surface area contributed by atoms with Gasteiger partial charge in [-0.1, -0.05) is 19.1 Å². The Labute approximate surface area is 181 Å². The number of halogens is 2. The van der Waals surface area contributed by atoms with Crippen LogP contribution in [-0.2, 0) is 9.53 Å². The molecule has 7 heteroatoms. The Morgan fingerprint density at radius 2 is 1.79 bits per heavy atom. The SMILES string of the molecule is CC1CN(c2ccccc2NC(=O)CC(C)C2CCNCC2)CC(C)O1.Cl.Cl. The molecule has 2 fully saturated rings.